The van der Waals surface area contributed by atoms with E-state index >= 15 is 0 Å². The molecule has 0 spiro atoms. The van der Waals surface area contributed by atoms with Gasteiger partial charge >= 0.3 is 0 Å². The average molecular weight is 287 g/mol. The first kappa shape index (κ1) is 13.8. The molecule has 0 aromatic rings. The summed E-state index contributed by atoms with van der Waals surface area (Å²) < 4.78 is 29.1. The molecule has 3 heterocycles. The molecule has 6 heteroatoms. The molecule has 2 atom stereocenters. The molecule has 0 amide bonds. The van der Waals surface area contributed by atoms with Crippen molar-refractivity contribution in [2.75, 3.05) is 32.7 Å². The van der Waals surface area contributed by atoms with E-state index in [1.54, 1.807) is 8.61 Å². The van der Waals surface area contributed by atoms with Gasteiger partial charge in [0, 0.05) is 32.2 Å². The lowest BCUT2D eigenvalue weighted by atomic mass is 9.94. The van der Waals surface area contributed by atoms with Crippen LogP contribution in [0.1, 0.15) is 32.6 Å². The minimum absolute atomic E-state index is 0.193. The van der Waals surface area contributed by atoms with Crippen molar-refractivity contribution in [2.45, 2.75) is 38.6 Å². The highest BCUT2D eigenvalue weighted by molar-refractivity contribution is 7.86. The van der Waals surface area contributed by atoms with Crippen LogP contribution in [0.15, 0.2) is 0 Å². The Hall–Kier alpha value is -0.170. The van der Waals surface area contributed by atoms with Gasteiger partial charge in [0.2, 0.25) is 0 Å². The number of rotatable bonds is 2. The van der Waals surface area contributed by atoms with Crippen LogP contribution < -0.4 is 5.32 Å². The molecule has 0 saturated carbocycles. The summed E-state index contributed by atoms with van der Waals surface area (Å²) in [7, 11) is -3.24. The summed E-state index contributed by atoms with van der Waals surface area (Å²) in [5.74, 6) is 1.18. The Balaban J connectivity index is 1.75. The van der Waals surface area contributed by atoms with Gasteiger partial charge in [0.1, 0.15) is 0 Å². The SMILES string of the molecule is CC1CCN(S(=O)(=O)N2CCCC3CNCC32)CC1. The predicted octanol–water partition coefficient (Wildman–Crippen LogP) is 0.647. The van der Waals surface area contributed by atoms with Crippen molar-refractivity contribution in [3.05, 3.63) is 0 Å². The summed E-state index contributed by atoms with van der Waals surface area (Å²) >= 11 is 0. The topological polar surface area (TPSA) is 52.7 Å². The molecule has 19 heavy (non-hydrogen) atoms. The van der Waals surface area contributed by atoms with E-state index in [1.807, 2.05) is 0 Å². The van der Waals surface area contributed by atoms with E-state index in [-0.39, 0.29) is 6.04 Å². The van der Waals surface area contributed by atoms with Crippen LogP contribution in [0.3, 0.4) is 0 Å². The van der Waals surface area contributed by atoms with E-state index in [2.05, 4.69) is 12.2 Å². The van der Waals surface area contributed by atoms with Crippen LogP contribution in [-0.4, -0.2) is 55.8 Å². The van der Waals surface area contributed by atoms with Crippen LogP contribution >= 0.6 is 0 Å². The summed E-state index contributed by atoms with van der Waals surface area (Å²) in [6.07, 6.45) is 4.17. The molecule has 1 N–H and O–H groups in total. The number of hydrogen-bond acceptors (Lipinski definition) is 3. The monoisotopic (exact) mass is 287 g/mol. The molecule has 0 bridgehead atoms. The van der Waals surface area contributed by atoms with Crippen molar-refractivity contribution >= 4 is 10.2 Å². The smallest absolute Gasteiger partial charge is 0.282 e. The lowest BCUT2D eigenvalue weighted by molar-refractivity contribution is 0.191. The number of nitrogens with one attached hydrogen (secondary N) is 1. The zero-order valence-electron chi connectivity index (χ0n) is 11.7. The number of nitrogens with zero attached hydrogens (tertiary/aromatic N) is 2. The highest BCUT2D eigenvalue weighted by Gasteiger charge is 2.43. The third-order valence-corrected chi connectivity index (χ3v) is 7.06. The van der Waals surface area contributed by atoms with Crippen molar-refractivity contribution in [3.63, 3.8) is 0 Å². The molecule has 3 rings (SSSR count). The van der Waals surface area contributed by atoms with Crippen LogP contribution in [-0.2, 0) is 10.2 Å². The molecule has 3 saturated heterocycles. The minimum atomic E-state index is -3.24. The molecule has 3 aliphatic rings. The van der Waals surface area contributed by atoms with Crippen molar-refractivity contribution in [1.29, 1.82) is 0 Å². The molecule has 0 aliphatic carbocycles. The first-order chi connectivity index (χ1) is 9.09. The van der Waals surface area contributed by atoms with Gasteiger partial charge in [0.25, 0.3) is 10.2 Å². The Bertz CT molecular complexity index is 418. The Kier molecular flexibility index (Phi) is 3.86. The lowest BCUT2D eigenvalue weighted by Crippen LogP contribution is -2.54. The molecule has 5 nitrogen and oxygen atoms in total. The third-order valence-electron chi connectivity index (χ3n) is 4.99. The van der Waals surface area contributed by atoms with E-state index in [0.717, 1.165) is 32.4 Å². The maximum atomic E-state index is 12.8. The van der Waals surface area contributed by atoms with Gasteiger partial charge in [0.15, 0.2) is 0 Å². The van der Waals surface area contributed by atoms with Gasteiger partial charge in [-0.2, -0.15) is 17.0 Å². The fraction of sp³-hybridized carbons (Fsp3) is 1.00. The molecule has 0 radical (unpaired) electrons. The highest BCUT2D eigenvalue weighted by atomic mass is 32.2. The number of fused-ring (bicyclic) bond motifs is 1. The van der Waals surface area contributed by atoms with Crippen LogP contribution in [0.5, 0.6) is 0 Å². The van der Waals surface area contributed by atoms with E-state index in [4.69, 9.17) is 0 Å². The first-order valence-corrected chi connectivity index (χ1v) is 8.96. The van der Waals surface area contributed by atoms with Crippen molar-refractivity contribution in [3.8, 4) is 0 Å². The van der Waals surface area contributed by atoms with Gasteiger partial charge < -0.3 is 5.32 Å². The van der Waals surface area contributed by atoms with Crippen LogP contribution in [0, 0.1) is 11.8 Å². The van der Waals surface area contributed by atoms with Crippen molar-refractivity contribution < 1.29 is 8.42 Å². The predicted molar refractivity (Wildman–Crippen MR) is 75.0 cm³/mol. The van der Waals surface area contributed by atoms with Crippen molar-refractivity contribution in [1.82, 2.24) is 13.9 Å². The van der Waals surface area contributed by atoms with E-state index in [9.17, 15) is 8.42 Å². The second-order valence-electron chi connectivity index (χ2n) is 6.33. The van der Waals surface area contributed by atoms with Crippen LogP contribution in [0.25, 0.3) is 0 Å². The van der Waals surface area contributed by atoms with Crippen molar-refractivity contribution in [2.24, 2.45) is 11.8 Å². The Labute approximate surface area is 116 Å². The van der Waals surface area contributed by atoms with Gasteiger partial charge in [-0.05, 0) is 44.1 Å². The summed E-state index contributed by atoms with van der Waals surface area (Å²) in [6, 6.07) is 0.193. The van der Waals surface area contributed by atoms with Gasteiger partial charge in [-0.3, -0.25) is 0 Å². The van der Waals surface area contributed by atoms with Gasteiger partial charge in [-0.1, -0.05) is 6.92 Å². The van der Waals surface area contributed by atoms with Crippen LogP contribution in [0.2, 0.25) is 0 Å². The molecular weight excluding hydrogens is 262 g/mol. The molecular formula is C13H25N3O2S. The summed E-state index contributed by atoms with van der Waals surface area (Å²) in [5, 5.41) is 3.35. The molecule has 2 unspecified atom stereocenters. The van der Waals surface area contributed by atoms with E-state index < -0.39 is 10.2 Å². The van der Waals surface area contributed by atoms with Gasteiger partial charge in [0.05, 0.1) is 0 Å². The fourth-order valence-corrected chi connectivity index (χ4v) is 5.59. The summed E-state index contributed by atoms with van der Waals surface area (Å²) in [4.78, 5) is 0. The standard InChI is InChI=1S/C13H25N3O2S/c1-11-4-7-15(8-5-11)19(17,18)16-6-2-3-12-9-14-10-13(12)16/h11-14H,2-10H2,1H3. The quantitative estimate of drug-likeness (QED) is 0.811. The molecule has 3 fully saturated rings. The van der Waals surface area contributed by atoms with E-state index in [0.29, 0.717) is 31.5 Å². The summed E-state index contributed by atoms with van der Waals surface area (Å²) in [5.41, 5.74) is 0. The Morgan fingerprint density at radius 1 is 1.05 bits per heavy atom. The highest BCUT2D eigenvalue weighted by Crippen LogP contribution is 2.31. The number of hydrogen-bond donors (Lipinski definition) is 1. The largest absolute Gasteiger partial charge is 0.315 e. The first-order valence-electron chi connectivity index (χ1n) is 7.56. The van der Waals surface area contributed by atoms with E-state index in [1.165, 1.54) is 6.42 Å². The second kappa shape index (κ2) is 5.31. The summed E-state index contributed by atoms with van der Waals surface area (Å²) in [6.45, 7) is 6.12. The van der Waals surface area contributed by atoms with Crippen LogP contribution in [0.4, 0.5) is 0 Å². The Morgan fingerprint density at radius 3 is 2.53 bits per heavy atom. The maximum Gasteiger partial charge on any atom is 0.282 e. The van der Waals surface area contributed by atoms with Gasteiger partial charge in [-0.25, -0.2) is 0 Å². The lowest BCUT2D eigenvalue weighted by Gasteiger charge is -2.40. The number of piperidine rings is 2. The normalized spacial score (nSPS) is 35.4. The minimum Gasteiger partial charge on any atom is -0.315 e. The average Bonchev–Trinajstić information content (AvgIpc) is 2.87. The Morgan fingerprint density at radius 2 is 1.79 bits per heavy atom. The van der Waals surface area contributed by atoms with Gasteiger partial charge in [-0.15, -0.1) is 0 Å². The zero-order chi connectivity index (χ0) is 13.5. The molecule has 0 aromatic carbocycles. The fourth-order valence-electron chi connectivity index (χ4n) is 3.68. The molecule has 3 aliphatic heterocycles. The molecule has 110 valence electrons. The molecule has 0 aromatic heterocycles. The second-order valence-corrected chi connectivity index (χ2v) is 8.21. The third kappa shape index (κ3) is 2.55. The maximum absolute atomic E-state index is 12.8. The zero-order valence-corrected chi connectivity index (χ0v) is 12.5.